The Morgan fingerprint density at radius 3 is 2.28 bits per heavy atom. The number of nitrogens with zero attached hydrogens (tertiary/aromatic N) is 2. The van der Waals surface area contributed by atoms with Gasteiger partial charge in [-0.05, 0) is 23.3 Å². The fourth-order valence-electron chi connectivity index (χ4n) is 2.90. The summed E-state index contributed by atoms with van der Waals surface area (Å²) in [4.78, 5) is 23.0. The van der Waals surface area contributed by atoms with E-state index >= 15 is 0 Å². The van der Waals surface area contributed by atoms with Crippen molar-refractivity contribution in [1.29, 1.82) is 0 Å². The summed E-state index contributed by atoms with van der Waals surface area (Å²) in [6, 6.07) is 23.3. The molecular formula is C23H21N3O5S. The zero-order chi connectivity index (χ0) is 23.0. The van der Waals surface area contributed by atoms with Crippen LogP contribution >= 0.6 is 0 Å². The lowest BCUT2D eigenvalue weighted by Crippen LogP contribution is -2.36. The molecule has 0 saturated carbocycles. The van der Waals surface area contributed by atoms with Crippen molar-refractivity contribution in [3.05, 3.63) is 112 Å². The number of amides is 1. The average molecular weight is 452 g/mol. The minimum atomic E-state index is -3.94. The van der Waals surface area contributed by atoms with Gasteiger partial charge in [0.2, 0.25) is 15.9 Å². The van der Waals surface area contributed by atoms with Crippen LogP contribution in [-0.2, 0) is 21.4 Å². The van der Waals surface area contributed by atoms with Gasteiger partial charge in [-0.1, -0.05) is 66.7 Å². The Balaban J connectivity index is 1.80. The number of non-ortho nitro benzene ring substituents is 1. The van der Waals surface area contributed by atoms with Crippen molar-refractivity contribution in [2.24, 2.45) is 0 Å². The van der Waals surface area contributed by atoms with Crippen LogP contribution in [0, 0.1) is 10.1 Å². The maximum atomic E-state index is 13.0. The van der Waals surface area contributed by atoms with E-state index in [1.54, 1.807) is 48.5 Å². The molecule has 3 aromatic rings. The molecule has 0 aliphatic heterocycles. The standard InChI is InChI=1S/C23H21N3O5S/c27-23(24-21-12-7-13-22(16-21)26(28)29)18-25(17-20-10-5-2-6-11-20)32(30,31)15-14-19-8-3-1-4-9-19/h1-16H,17-18H2,(H,24,27)/b15-14+. The van der Waals surface area contributed by atoms with Crippen LogP contribution < -0.4 is 5.32 Å². The second kappa shape index (κ2) is 10.5. The Hall–Kier alpha value is -3.82. The number of carbonyl (C=O) groups is 1. The zero-order valence-electron chi connectivity index (χ0n) is 17.0. The van der Waals surface area contributed by atoms with Crippen molar-refractivity contribution in [3.63, 3.8) is 0 Å². The quantitative estimate of drug-likeness (QED) is 0.390. The molecule has 0 aliphatic carbocycles. The summed E-state index contributed by atoms with van der Waals surface area (Å²) in [5.41, 5.74) is 1.45. The molecule has 3 aromatic carbocycles. The number of hydrogen-bond acceptors (Lipinski definition) is 5. The van der Waals surface area contributed by atoms with Gasteiger partial charge in [-0.25, -0.2) is 8.42 Å². The van der Waals surface area contributed by atoms with Gasteiger partial charge >= 0.3 is 0 Å². The lowest BCUT2D eigenvalue weighted by molar-refractivity contribution is -0.384. The molecule has 0 heterocycles. The van der Waals surface area contributed by atoms with Crippen LogP contribution in [0.3, 0.4) is 0 Å². The number of sulfonamides is 1. The van der Waals surface area contributed by atoms with Crippen molar-refractivity contribution < 1.29 is 18.1 Å². The van der Waals surface area contributed by atoms with E-state index in [4.69, 9.17) is 0 Å². The van der Waals surface area contributed by atoms with Crippen molar-refractivity contribution in [2.75, 3.05) is 11.9 Å². The first kappa shape index (κ1) is 22.9. The van der Waals surface area contributed by atoms with Gasteiger partial charge < -0.3 is 5.32 Å². The fraction of sp³-hybridized carbons (Fsp3) is 0.0870. The van der Waals surface area contributed by atoms with Crippen LogP contribution in [-0.4, -0.2) is 30.1 Å². The third-order valence-corrected chi connectivity index (χ3v) is 5.91. The number of nitro groups is 1. The summed E-state index contributed by atoms with van der Waals surface area (Å²) >= 11 is 0. The molecule has 3 rings (SSSR count). The highest BCUT2D eigenvalue weighted by Gasteiger charge is 2.23. The molecule has 9 heteroatoms. The second-order valence-corrected chi connectivity index (χ2v) is 8.69. The molecule has 1 amide bonds. The van der Waals surface area contributed by atoms with Gasteiger partial charge in [0.1, 0.15) is 0 Å². The van der Waals surface area contributed by atoms with Crippen molar-refractivity contribution in [3.8, 4) is 0 Å². The number of anilines is 1. The summed E-state index contributed by atoms with van der Waals surface area (Å²) < 4.78 is 27.1. The van der Waals surface area contributed by atoms with E-state index in [0.717, 1.165) is 9.71 Å². The molecule has 32 heavy (non-hydrogen) atoms. The predicted molar refractivity (Wildman–Crippen MR) is 123 cm³/mol. The monoisotopic (exact) mass is 451 g/mol. The second-order valence-electron chi connectivity index (χ2n) is 6.87. The molecule has 0 fully saturated rings. The summed E-state index contributed by atoms with van der Waals surface area (Å²) in [6.07, 6.45) is 1.46. The normalized spacial score (nSPS) is 11.5. The van der Waals surface area contributed by atoms with E-state index in [2.05, 4.69) is 5.32 Å². The first-order valence-corrected chi connectivity index (χ1v) is 11.2. The van der Waals surface area contributed by atoms with Gasteiger partial charge in [0.15, 0.2) is 0 Å². The number of rotatable bonds is 9. The van der Waals surface area contributed by atoms with Gasteiger partial charge in [0.25, 0.3) is 5.69 Å². The third kappa shape index (κ3) is 6.59. The molecule has 0 bridgehead atoms. The molecule has 8 nitrogen and oxygen atoms in total. The summed E-state index contributed by atoms with van der Waals surface area (Å²) in [6.45, 7) is -0.469. The fourth-order valence-corrected chi connectivity index (χ4v) is 4.02. The van der Waals surface area contributed by atoms with E-state index in [1.807, 2.05) is 12.1 Å². The maximum Gasteiger partial charge on any atom is 0.271 e. The maximum absolute atomic E-state index is 13.0. The number of benzene rings is 3. The number of carbonyl (C=O) groups excluding carboxylic acids is 1. The molecule has 0 aliphatic rings. The molecule has 0 aromatic heterocycles. The van der Waals surface area contributed by atoms with E-state index in [-0.39, 0.29) is 17.9 Å². The summed E-state index contributed by atoms with van der Waals surface area (Å²) in [5.74, 6) is -0.613. The highest BCUT2D eigenvalue weighted by atomic mass is 32.2. The van der Waals surface area contributed by atoms with Crippen molar-refractivity contribution in [2.45, 2.75) is 6.54 Å². The van der Waals surface area contributed by atoms with Gasteiger partial charge in [0, 0.05) is 29.8 Å². The van der Waals surface area contributed by atoms with Crippen LogP contribution in [0.2, 0.25) is 0 Å². The SMILES string of the molecule is O=C(CN(Cc1ccccc1)S(=O)(=O)/C=C/c1ccccc1)Nc1cccc([N+](=O)[O-])c1. The Kier molecular flexibility index (Phi) is 7.48. The highest BCUT2D eigenvalue weighted by Crippen LogP contribution is 2.18. The number of nitrogens with one attached hydrogen (secondary N) is 1. The van der Waals surface area contributed by atoms with Crippen LogP contribution in [0.15, 0.2) is 90.3 Å². The Morgan fingerprint density at radius 2 is 1.62 bits per heavy atom. The molecule has 0 radical (unpaired) electrons. The molecular weight excluding hydrogens is 430 g/mol. The topological polar surface area (TPSA) is 110 Å². The predicted octanol–water partition coefficient (Wildman–Crippen LogP) is 4.04. The van der Waals surface area contributed by atoms with Crippen LogP contribution in [0.1, 0.15) is 11.1 Å². The summed E-state index contributed by atoms with van der Waals surface area (Å²) in [5, 5.41) is 14.5. The number of nitro benzene ring substituents is 1. The lowest BCUT2D eigenvalue weighted by atomic mass is 10.2. The largest absolute Gasteiger partial charge is 0.325 e. The zero-order valence-corrected chi connectivity index (χ0v) is 17.8. The van der Waals surface area contributed by atoms with E-state index < -0.39 is 27.4 Å². The van der Waals surface area contributed by atoms with Crippen LogP contribution in [0.5, 0.6) is 0 Å². The number of hydrogen-bond donors (Lipinski definition) is 1. The van der Waals surface area contributed by atoms with E-state index in [0.29, 0.717) is 11.1 Å². The average Bonchev–Trinajstić information content (AvgIpc) is 2.79. The Labute approximate surface area is 186 Å². The molecule has 0 unspecified atom stereocenters. The Bertz CT molecular complexity index is 1210. The minimum absolute atomic E-state index is 0.00927. The minimum Gasteiger partial charge on any atom is -0.325 e. The van der Waals surface area contributed by atoms with E-state index in [9.17, 15) is 23.3 Å². The molecule has 164 valence electrons. The highest BCUT2D eigenvalue weighted by molar-refractivity contribution is 7.92. The van der Waals surface area contributed by atoms with Gasteiger partial charge in [-0.2, -0.15) is 4.31 Å². The first-order chi connectivity index (χ1) is 15.3. The van der Waals surface area contributed by atoms with Crippen molar-refractivity contribution >= 4 is 33.4 Å². The molecule has 1 N–H and O–H groups in total. The van der Waals surface area contributed by atoms with Crippen molar-refractivity contribution in [1.82, 2.24) is 4.31 Å². The van der Waals surface area contributed by atoms with E-state index in [1.165, 1.54) is 30.3 Å². The summed E-state index contributed by atoms with van der Waals surface area (Å²) in [7, 11) is -3.94. The van der Waals surface area contributed by atoms with Gasteiger partial charge in [-0.3, -0.25) is 14.9 Å². The third-order valence-electron chi connectivity index (χ3n) is 4.45. The van der Waals surface area contributed by atoms with Gasteiger partial charge in [-0.15, -0.1) is 0 Å². The Morgan fingerprint density at radius 1 is 0.969 bits per heavy atom. The molecule has 0 atom stereocenters. The lowest BCUT2D eigenvalue weighted by Gasteiger charge is -2.20. The first-order valence-electron chi connectivity index (χ1n) is 9.65. The molecule has 0 spiro atoms. The van der Waals surface area contributed by atoms with Crippen LogP contribution in [0.4, 0.5) is 11.4 Å². The smallest absolute Gasteiger partial charge is 0.271 e. The van der Waals surface area contributed by atoms with Crippen LogP contribution in [0.25, 0.3) is 6.08 Å². The van der Waals surface area contributed by atoms with Gasteiger partial charge in [0.05, 0.1) is 11.5 Å². The molecule has 0 saturated heterocycles.